The van der Waals surface area contributed by atoms with Crippen LogP contribution in [0.5, 0.6) is 0 Å². The number of ether oxygens (including phenoxy) is 1. The van der Waals surface area contributed by atoms with Crippen LogP contribution >= 0.6 is 11.6 Å². The second-order valence-corrected chi connectivity index (χ2v) is 4.66. The van der Waals surface area contributed by atoms with Crippen LogP contribution in [0.3, 0.4) is 0 Å². The van der Waals surface area contributed by atoms with Gasteiger partial charge in [0.25, 0.3) is 0 Å². The van der Waals surface area contributed by atoms with Crippen molar-refractivity contribution in [2.75, 3.05) is 18.5 Å². The lowest BCUT2D eigenvalue weighted by Gasteiger charge is -2.10. The van der Waals surface area contributed by atoms with E-state index in [-0.39, 0.29) is 5.28 Å². The lowest BCUT2D eigenvalue weighted by Crippen LogP contribution is -2.13. The third-order valence-corrected chi connectivity index (χ3v) is 3.23. The molecule has 0 spiro atoms. The average Bonchev–Trinajstić information content (AvgIpc) is 2.98. The van der Waals surface area contributed by atoms with E-state index < -0.39 is 0 Å². The van der Waals surface area contributed by atoms with E-state index in [4.69, 9.17) is 16.3 Å². The maximum Gasteiger partial charge on any atom is 0.226 e. The first-order valence-corrected chi connectivity index (χ1v) is 6.43. The van der Waals surface area contributed by atoms with E-state index in [1.165, 1.54) is 0 Å². The maximum atomic E-state index is 5.85. The molecule has 7 heteroatoms. The number of nitrogens with one attached hydrogen (secondary N) is 2. The summed E-state index contributed by atoms with van der Waals surface area (Å²) >= 11 is 5.85. The molecule has 1 unspecified atom stereocenters. The SMILES string of the molecule is Clc1nc(NCCC2CCCO2)c2cn[nH]c2n1. The maximum absolute atomic E-state index is 5.85. The van der Waals surface area contributed by atoms with Crippen molar-refractivity contribution in [3.63, 3.8) is 0 Å². The molecule has 0 radical (unpaired) electrons. The minimum absolute atomic E-state index is 0.214. The fraction of sp³-hybridized carbons (Fsp3) is 0.545. The normalized spacial score (nSPS) is 19.5. The quantitative estimate of drug-likeness (QED) is 0.829. The first kappa shape index (κ1) is 11.7. The molecule has 1 saturated heterocycles. The molecule has 0 aliphatic carbocycles. The Hall–Kier alpha value is -1.40. The van der Waals surface area contributed by atoms with Gasteiger partial charge in [-0.15, -0.1) is 0 Å². The predicted octanol–water partition coefficient (Wildman–Crippen LogP) is 1.99. The molecular weight excluding hydrogens is 254 g/mol. The van der Waals surface area contributed by atoms with Gasteiger partial charge in [-0.2, -0.15) is 15.1 Å². The molecule has 6 nitrogen and oxygen atoms in total. The summed E-state index contributed by atoms with van der Waals surface area (Å²) in [7, 11) is 0. The third-order valence-electron chi connectivity index (χ3n) is 3.07. The van der Waals surface area contributed by atoms with Crippen LogP contribution < -0.4 is 5.32 Å². The lowest BCUT2D eigenvalue weighted by molar-refractivity contribution is 0.107. The monoisotopic (exact) mass is 267 g/mol. The van der Waals surface area contributed by atoms with Crippen LogP contribution in [0.4, 0.5) is 5.82 Å². The summed E-state index contributed by atoms with van der Waals surface area (Å²) in [6.07, 6.45) is 5.35. The van der Waals surface area contributed by atoms with Crippen LogP contribution in [0, 0.1) is 0 Å². The van der Waals surface area contributed by atoms with E-state index in [0.717, 1.165) is 43.6 Å². The number of halogens is 1. The van der Waals surface area contributed by atoms with Gasteiger partial charge in [-0.1, -0.05) is 0 Å². The molecule has 1 atom stereocenters. The number of rotatable bonds is 4. The Morgan fingerprint density at radius 3 is 3.28 bits per heavy atom. The highest BCUT2D eigenvalue weighted by Gasteiger charge is 2.15. The van der Waals surface area contributed by atoms with Crippen LogP contribution in [-0.2, 0) is 4.74 Å². The third kappa shape index (κ3) is 2.39. The number of hydrogen-bond acceptors (Lipinski definition) is 5. The zero-order chi connectivity index (χ0) is 12.4. The second kappa shape index (κ2) is 5.07. The van der Waals surface area contributed by atoms with E-state index in [1.807, 2.05) is 0 Å². The number of hydrogen-bond donors (Lipinski definition) is 2. The molecule has 3 rings (SSSR count). The lowest BCUT2D eigenvalue weighted by atomic mass is 10.2. The predicted molar refractivity (Wildman–Crippen MR) is 68.8 cm³/mol. The fourth-order valence-corrected chi connectivity index (χ4v) is 2.33. The Kier molecular flexibility index (Phi) is 3.29. The van der Waals surface area contributed by atoms with Crippen LogP contribution in [0.15, 0.2) is 6.20 Å². The topological polar surface area (TPSA) is 75.7 Å². The van der Waals surface area contributed by atoms with Crippen LogP contribution in [0.1, 0.15) is 19.3 Å². The number of anilines is 1. The van der Waals surface area contributed by atoms with Crippen molar-refractivity contribution in [1.82, 2.24) is 20.2 Å². The molecule has 0 saturated carbocycles. The van der Waals surface area contributed by atoms with Gasteiger partial charge in [-0.3, -0.25) is 5.10 Å². The van der Waals surface area contributed by atoms with Crippen molar-refractivity contribution in [1.29, 1.82) is 0 Å². The van der Waals surface area contributed by atoms with E-state index >= 15 is 0 Å². The van der Waals surface area contributed by atoms with Gasteiger partial charge in [0, 0.05) is 13.2 Å². The number of H-pyrrole nitrogens is 1. The Bertz CT molecular complexity index is 537. The Morgan fingerprint density at radius 1 is 1.50 bits per heavy atom. The van der Waals surface area contributed by atoms with Gasteiger partial charge in [0.2, 0.25) is 5.28 Å². The first-order valence-electron chi connectivity index (χ1n) is 6.05. The van der Waals surface area contributed by atoms with Crippen LogP contribution in [0.2, 0.25) is 5.28 Å². The zero-order valence-corrected chi connectivity index (χ0v) is 10.6. The largest absolute Gasteiger partial charge is 0.378 e. The highest BCUT2D eigenvalue weighted by Crippen LogP contribution is 2.20. The van der Waals surface area contributed by atoms with Gasteiger partial charge in [0.05, 0.1) is 17.7 Å². The molecular formula is C11H14ClN5O. The van der Waals surface area contributed by atoms with Crippen LogP contribution in [0.25, 0.3) is 11.0 Å². The van der Waals surface area contributed by atoms with Gasteiger partial charge in [-0.05, 0) is 30.9 Å². The van der Waals surface area contributed by atoms with Crippen molar-refractivity contribution in [3.05, 3.63) is 11.5 Å². The standard InChI is InChI=1S/C11H14ClN5O/c12-11-15-9(8-6-14-17-10(8)16-11)13-4-3-7-2-1-5-18-7/h6-7H,1-5H2,(H2,13,14,15,16,17). The molecule has 3 heterocycles. The van der Waals surface area contributed by atoms with E-state index in [0.29, 0.717) is 11.8 Å². The minimum atomic E-state index is 0.214. The fourth-order valence-electron chi connectivity index (χ4n) is 2.17. The summed E-state index contributed by atoms with van der Waals surface area (Å²) in [5.41, 5.74) is 0.648. The van der Waals surface area contributed by atoms with Crippen molar-refractivity contribution in [3.8, 4) is 0 Å². The molecule has 96 valence electrons. The highest BCUT2D eigenvalue weighted by atomic mass is 35.5. The number of fused-ring (bicyclic) bond motifs is 1. The van der Waals surface area contributed by atoms with E-state index in [2.05, 4.69) is 25.5 Å². The Balaban J connectivity index is 1.67. The van der Waals surface area contributed by atoms with Crippen molar-refractivity contribution in [2.45, 2.75) is 25.4 Å². The molecule has 0 aromatic carbocycles. The van der Waals surface area contributed by atoms with Gasteiger partial charge in [0.1, 0.15) is 5.82 Å². The zero-order valence-electron chi connectivity index (χ0n) is 9.82. The average molecular weight is 268 g/mol. The summed E-state index contributed by atoms with van der Waals surface area (Å²) in [5, 5.41) is 11.1. The van der Waals surface area contributed by atoms with Gasteiger partial charge in [0.15, 0.2) is 5.65 Å². The van der Waals surface area contributed by atoms with Gasteiger partial charge >= 0.3 is 0 Å². The summed E-state index contributed by atoms with van der Waals surface area (Å²) in [5.74, 6) is 0.719. The first-order chi connectivity index (χ1) is 8.83. The van der Waals surface area contributed by atoms with Crippen LogP contribution in [-0.4, -0.2) is 39.4 Å². The van der Waals surface area contributed by atoms with Crippen molar-refractivity contribution in [2.24, 2.45) is 0 Å². The second-order valence-electron chi connectivity index (χ2n) is 4.32. The molecule has 1 aliphatic rings. The summed E-state index contributed by atoms with van der Waals surface area (Å²) in [6, 6.07) is 0. The van der Waals surface area contributed by atoms with E-state index in [9.17, 15) is 0 Å². The van der Waals surface area contributed by atoms with Crippen molar-refractivity contribution >= 4 is 28.5 Å². The molecule has 2 aromatic heterocycles. The molecule has 1 aliphatic heterocycles. The Labute approximate surface area is 109 Å². The smallest absolute Gasteiger partial charge is 0.226 e. The number of nitrogens with zero attached hydrogens (tertiary/aromatic N) is 3. The summed E-state index contributed by atoms with van der Waals surface area (Å²) in [4.78, 5) is 8.23. The Morgan fingerprint density at radius 2 is 2.44 bits per heavy atom. The summed E-state index contributed by atoms with van der Waals surface area (Å²) in [6.45, 7) is 1.69. The number of aromatic amines is 1. The van der Waals surface area contributed by atoms with Crippen molar-refractivity contribution < 1.29 is 4.74 Å². The summed E-state index contributed by atoms with van der Waals surface area (Å²) < 4.78 is 5.57. The molecule has 0 bridgehead atoms. The number of aromatic nitrogens is 4. The molecule has 1 fully saturated rings. The highest BCUT2D eigenvalue weighted by molar-refractivity contribution is 6.28. The molecule has 2 N–H and O–H groups in total. The van der Waals surface area contributed by atoms with E-state index in [1.54, 1.807) is 6.20 Å². The molecule has 18 heavy (non-hydrogen) atoms. The molecule has 2 aromatic rings. The van der Waals surface area contributed by atoms with Gasteiger partial charge < -0.3 is 10.1 Å². The minimum Gasteiger partial charge on any atom is -0.378 e. The van der Waals surface area contributed by atoms with Gasteiger partial charge in [-0.25, -0.2) is 0 Å². The molecule has 0 amide bonds.